The highest BCUT2D eigenvalue weighted by molar-refractivity contribution is 6.32. The van der Waals surface area contributed by atoms with Crippen LogP contribution in [0.25, 0.3) is 10.9 Å². The van der Waals surface area contributed by atoms with E-state index in [1.165, 1.54) is 12.0 Å². The van der Waals surface area contributed by atoms with Gasteiger partial charge in [0.05, 0.1) is 30.2 Å². The second-order valence-electron chi connectivity index (χ2n) is 6.50. The summed E-state index contributed by atoms with van der Waals surface area (Å²) in [5, 5.41) is 4.32. The van der Waals surface area contributed by atoms with E-state index in [4.69, 9.17) is 21.1 Å². The van der Waals surface area contributed by atoms with Crippen molar-refractivity contribution in [2.45, 2.75) is 13.0 Å². The molecule has 2 aromatic heterocycles. The van der Waals surface area contributed by atoms with Crippen LogP contribution in [-0.4, -0.2) is 41.3 Å². The number of anilines is 2. The Morgan fingerprint density at radius 3 is 2.90 bits per heavy atom. The summed E-state index contributed by atoms with van der Waals surface area (Å²) in [7, 11) is 1.52. The normalized spacial score (nSPS) is 14.7. The maximum atomic E-state index is 12.6. The van der Waals surface area contributed by atoms with Crippen LogP contribution in [0.2, 0.25) is 5.02 Å². The highest BCUT2D eigenvalue weighted by Crippen LogP contribution is 2.29. The Hall–Kier alpha value is -3.33. The van der Waals surface area contributed by atoms with Crippen molar-refractivity contribution in [2.75, 3.05) is 30.5 Å². The SMILES string of the molecule is COc1cc2[nH]c(=O)c([C@@H](C)Nc3nccc(N4CCOC4=O)n3)cc2cc1Cl. The molecule has 10 heteroatoms. The molecule has 1 aliphatic rings. The number of fused-ring (bicyclic) bond motifs is 1. The van der Waals surface area contributed by atoms with Crippen molar-refractivity contribution >= 4 is 40.4 Å². The Bertz CT molecular complexity index is 1150. The molecule has 3 heterocycles. The highest BCUT2D eigenvalue weighted by Gasteiger charge is 2.25. The molecule has 0 unspecified atom stereocenters. The van der Waals surface area contributed by atoms with Gasteiger partial charge in [0.2, 0.25) is 5.95 Å². The van der Waals surface area contributed by atoms with E-state index in [1.807, 2.05) is 6.92 Å². The number of pyridine rings is 1. The van der Waals surface area contributed by atoms with Gasteiger partial charge in [-0.25, -0.2) is 9.78 Å². The predicted octanol–water partition coefficient (Wildman–Crippen LogP) is 3.11. The maximum absolute atomic E-state index is 12.6. The Kier molecular flexibility index (Phi) is 4.98. The minimum absolute atomic E-state index is 0.249. The average Bonchev–Trinajstić information content (AvgIpc) is 3.13. The molecule has 1 fully saturated rings. The largest absolute Gasteiger partial charge is 0.495 e. The van der Waals surface area contributed by atoms with Gasteiger partial charge in [-0.15, -0.1) is 0 Å². The molecule has 1 amide bonds. The number of carbonyl (C=O) groups is 1. The number of carbonyl (C=O) groups excluding carboxylic acids is 1. The lowest BCUT2D eigenvalue weighted by atomic mass is 10.1. The van der Waals surface area contributed by atoms with E-state index in [2.05, 4.69) is 20.3 Å². The molecule has 3 aromatic rings. The van der Waals surface area contributed by atoms with Crippen LogP contribution >= 0.6 is 11.6 Å². The average molecular weight is 416 g/mol. The first-order valence-corrected chi connectivity index (χ1v) is 9.28. The molecule has 4 rings (SSSR count). The lowest BCUT2D eigenvalue weighted by molar-refractivity contribution is 0.181. The zero-order valence-corrected chi connectivity index (χ0v) is 16.5. The minimum atomic E-state index is -0.444. The van der Waals surface area contributed by atoms with E-state index < -0.39 is 12.1 Å². The van der Waals surface area contributed by atoms with Gasteiger partial charge in [-0.3, -0.25) is 9.69 Å². The second kappa shape index (κ2) is 7.59. The zero-order valence-electron chi connectivity index (χ0n) is 15.7. The molecule has 1 saturated heterocycles. The van der Waals surface area contributed by atoms with E-state index in [1.54, 1.807) is 30.5 Å². The van der Waals surface area contributed by atoms with Gasteiger partial charge >= 0.3 is 6.09 Å². The number of hydrogen-bond acceptors (Lipinski definition) is 7. The van der Waals surface area contributed by atoms with E-state index in [-0.39, 0.29) is 5.56 Å². The first kappa shape index (κ1) is 19.0. The van der Waals surface area contributed by atoms with Gasteiger partial charge in [0.15, 0.2) is 0 Å². The van der Waals surface area contributed by atoms with Gasteiger partial charge in [0.1, 0.15) is 18.2 Å². The summed E-state index contributed by atoms with van der Waals surface area (Å²) in [5.41, 5.74) is 0.868. The molecule has 0 saturated carbocycles. The number of nitrogens with one attached hydrogen (secondary N) is 2. The van der Waals surface area contributed by atoms with Crippen LogP contribution in [0.15, 0.2) is 35.3 Å². The molecule has 1 aromatic carbocycles. The Labute approximate surface area is 170 Å². The summed E-state index contributed by atoms with van der Waals surface area (Å²) in [4.78, 5) is 37.1. The Morgan fingerprint density at radius 2 is 2.17 bits per heavy atom. The van der Waals surface area contributed by atoms with Crippen LogP contribution in [0.4, 0.5) is 16.6 Å². The molecule has 0 spiro atoms. The lowest BCUT2D eigenvalue weighted by Gasteiger charge is -2.16. The molecule has 1 aliphatic heterocycles. The van der Waals surface area contributed by atoms with Crippen molar-refractivity contribution < 1.29 is 14.3 Å². The number of halogens is 1. The molecule has 9 nitrogen and oxygen atoms in total. The van der Waals surface area contributed by atoms with Crippen molar-refractivity contribution in [1.29, 1.82) is 0 Å². The van der Waals surface area contributed by atoms with E-state index in [9.17, 15) is 9.59 Å². The zero-order chi connectivity index (χ0) is 20.5. The number of amides is 1. The summed E-state index contributed by atoms with van der Waals surface area (Å²) in [6.45, 7) is 2.57. The summed E-state index contributed by atoms with van der Waals surface area (Å²) in [5.74, 6) is 1.21. The van der Waals surface area contributed by atoms with E-state index in [0.29, 0.717) is 46.8 Å². The van der Waals surface area contributed by atoms with Crippen LogP contribution in [-0.2, 0) is 4.74 Å². The third-order valence-corrected chi connectivity index (χ3v) is 4.93. The fourth-order valence-electron chi connectivity index (χ4n) is 3.14. The number of ether oxygens (including phenoxy) is 2. The van der Waals surface area contributed by atoms with Gasteiger partial charge in [-0.1, -0.05) is 11.6 Å². The molecule has 29 heavy (non-hydrogen) atoms. The number of aromatic nitrogens is 3. The van der Waals surface area contributed by atoms with E-state index in [0.717, 1.165) is 5.39 Å². The molecular formula is C19H18ClN5O4. The number of H-pyrrole nitrogens is 1. The third-order valence-electron chi connectivity index (χ3n) is 4.64. The third kappa shape index (κ3) is 3.68. The fourth-order valence-corrected chi connectivity index (χ4v) is 3.39. The summed E-state index contributed by atoms with van der Waals surface area (Å²) in [6.07, 6.45) is 1.10. The monoisotopic (exact) mass is 415 g/mol. The molecule has 2 N–H and O–H groups in total. The van der Waals surface area contributed by atoms with E-state index >= 15 is 0 Å². The molecule has 0 aliphatic carbocycles. The van der Waals surface area contributed by atoms with Crippen molar-refractivity contribution in [3.05, 3.63) is 51.4 Å². The number of nitrogens with zero attached hydrogens (tertiary/aromatic N) is 3. The standard InChI is InChI=1S/C19H18ClN5O4/c1-10(22-18-21-4-3-16(24-18)25-5-6-29-19(25)27)12-7-11-8-13(20)15(28-2)9-14(11)23-17(12)26/h3-4,7-10H,5-6H2,1-2H3,(H,23,26)(H,21,22,24)/t10-/m1/s1. The van der Waals surface area contributed by atoms with Crippen molar-refractivity contribution in [3.8, 4) is 5.75 Å². The topological polar surface area (TPSA) is 109 Å². The first-order chi connectivity index (χ1) is 14.0. The quantitative estimate of drug-likeness (QED) is 0.658. The van der Waals surface area contributed by atoms with Gasteiger partial charge in [0, 0.05) is 23.2 Å². The van der Waals surface area contributed by atoms with Crippen LogP contribution in [0.1, 0.15) is 18.5 Å². The molecule has 1 atom stereocenters. The van der Waals surface area contributed by atoms with Crippen LogP contribution in [0.3, 0.4) is 0 Å². The van der Waals surface area contributed by atoms with Crippen molar-refractivity contribution in [2.24, 2.45) is 0 Å². The Morgan fingerprint density at radius 1 is 1.34 bits per heavy atom. The summed E-state index contributed by atoms with van der Waals surface area (Å²) < 4.78 is 10.1. The van der Waals surface area contributed by atoms with Gasteiger partial charge < -0.3 is 19.8 Å². The smallest absolute Gasteiger partial charge is 0.415 e. The molecule has 150 valence electrons. The number of hydrogen-bond donors (Lipinski definition) is 2. The van der Waals surface area contributed by atoms with Crippen LogP contribution < -0.4 is 20.5 Å². The first-order valence-electron chi connectivity index (χ1n) is 8.90. The van der Waals surface area contributed by atoms with Crippen molar-refractivity contribution in [3.63, 3.8) is 0 Å². The molecule has 0 bridgehead atoms. The molecule has 0 radical (unpaired) electrons. The van der Waals surface area contributed by atoms with Gasteiger partial charge in [0.25, 0.3) is 5.56 Å². The number of methoxy groups -OCH3 is 1. The van der Waals surface area contributed by atoms with Gasteiger partial charge in [-0.05, 0) is 25.1 Å². The predicted molar refractivity (Wildman–Crippen MR) is 109 cm³/mol. The fraction of sp³-hybridized carbons (Fsp3) is 0.263. The maximum Gasteiger partial charge on any atom is 0.415 e. The highest BCUT2D eigenvalue weighted by atomic mass is 35.5. The number of benzene rings is 1. The summed E-state index contributed by atoms with van der Waals surface area (Å²) >= 11 is 6.20. The molecular weight excluding hydrogens is 398 g/mol. The van der Waals surface area contributed by atoms with Gasteiger partial charge in [-0.2, -0.15) is 4.98 Å². The van der Waals surface area contributed by atoms with Crippen LogP contribution in [0, 0.1) is 0 Å². The lowest BCUT2D eigenvalue weighted by Crippen LogP contribution is -2.25. The Balaban J connectivity index is 1.62. The number of rotatable bonds is 5. The van der Waals surface area contributed by atoms with Crippen LogP contribution in [0.5, 0.6) is 5.75 Å². The number of aromatic amines is 1. The summed E-state index contributed by atoms with van der Waals surface area (Å²) in [6, 6.07) is 6.41. The second-order valence-corrected chi connectivity index (χ2v) is 6.91. The van der Waals surface area contributed by atoms with Crippen molar-refractivity contribution in [1.82, 2.24) is 15.0 Å². The number of cyclic esters (lactones) is 1. The minimum Gasteiger partial charge on any atom is -0.495 e.